The monoisotopic (exact) mass is 377 g/mol. The van der Waals surface area contributed by atoms with Crippen LogP contribution in [0.25, 0.3) is 0 Å². The SMILES string of the molecule is O=C(NCCCN1CCCC1)C(c1ccccc1)N1Cc2ccccc2C1=O. The Labute approximate surface area is 166 Å². The number of fused-ring (bicyclic) bond motifs is 1. The third-order valence-corrected chi connectivity index (χ3v) is 5.67. The summed E-state index contributed by atoms with van der Waals surface area (Å²) in [5, 5.41) is 3.07. The number of nitrogens with zero attached hydrogens (tertiary/aromatic N) is 2. The molecule has 5 nitrogen and oxygen atoms in total. The van der Waals surface area contributed by atoms with Gasteiger partial charge >= 0.3 is 0 Å². The molecule has 2 aliphatic rings. The standard InChI is InChI=1S/C23H27N3O2/c27-22(24-13-8-16-25-14-6-7-15-25)21(18-9-2-1-3-10-18)26-17-19-11-4-5-12-20(19)23(26)28/h1-5,9-12,21H,6-8,13-17H2,(H,24,27). The molecule has 2 aliphatic heterocycles. The minimum absolute atomic E-state index is 0.0725. The van der Waals surface area contributed by atoms with Crippen LogP contribution in [0.2, 0.25) is 0 Å². The lowest BCUT2D eigenvalue weighted by Crippen LogP contribution is -2.41. The van der Waals surface area contributed by atoms with Crippen molar-refractivity contribution < 1.29 is 9.59 Å². The van der Waals surface area contributed by atoms with E-state index in [-0.39, 0.29) is 11.8 Å². The first-order chi connectivity index (χ1) is 13.7. The molecule has 0 spiro atoms. The maximum atomic E-state index is 13.1. The topological polar surface area (TPSA) is 52.7 Å². The first-order valence-corrected chi connectivity index (χ1v) is 10.2. The summed E-state index contributed by atoms with van der Waals surface area (Å²) in [5.41, 5.74) is 2.53. The van der Waals surface area contributed by atoms with Crippen LogP contribution in [-0.4, -0.2) is 47.8 Å². The first kappa shape index (κ1) is 18.7. The van der Waals surface area contributed by atoms with Gasteiger partial charge in [0.25, 0.3) is 5.91 Å². The Hall–Kier alpha value is -2.66. The molecule has 2 heterocycles. The molecule has 2 aromatic carbocycles. The van der Waals surface area contributed by atoms with Crippen LogP contribution in [0.4, 0.5) is 0 Å². The van der Waals surface area contributed by atoms with E-state index in [0.29, 0.717) is 18.7 Å². The lowest BCUT2D eigenvalue weighted by Gasteiger charge is -2.27. The van der Waals surface area contributed by atoms with E-state index in [1.54, 1.807) is 4.90 Å². The molecule has 1 atom stereocenters. The van der Waals surface area contributed by atoms with Gasteiger partial charge in [0.1, 0.15) is 6.04 Å². The number of hydrogen-bond acceptors (Lipinski definition) is 3. The van der Waals surface area contributed by atoms with Crippen LogP contribution in [0, 0.1) is 0 Å². The predicted molar refractivity (Wildman–Crippen MR) is 109 cm³/mol. The molecule has 146 valence electrons. The van der Waals surface area contributed by atoms with Crippen LogP contribution in [0.1, 0.15) is 46.8 Å². The van der Waals surface area contributed by atoms with Gasteiger partial charge in [-0.1, -0.05) is 48.5 Å². The van der Waals surface area contributed by atoms with Gasteiger partial charge in [0.15, 0.2) is 0 Å². The lowest BCUT2D eigenvalue weighted by atomic mass is 10.0. The van der Waals surface area contributed by atoms with Crippen LogP contribution in [0.15, 0.2) is 54.6 Å². The van der Waals surface area contributed by atoms with Crippen molar-refractivity contribution in [1.82, 2.24) is 15.1 Å². The van der Waals surface area contributed by atoms with Crippen LogP contribution >= 0.6 is 0 Å². The van der Waals surface area contributed by atoms with Crippen LogP contribution in [-0.2, 0) is 11.3 Å². The van der Waals surface area contributed by atoms with Crippen molar-refractivity contribution in [2.45, 2.75) is 31.8 Å². The van der Waals surface area contributed by atoms with Gasteiger partial charge in [-0.2, -0.15) is 0 Å². The summed E-state index contributed by atoms with van der Waals surface area (Å²) < 4.78 is 0. The number of nitrogens with one attached hydrogen (secondary N) is 1. The summed E-state index contributed by atoms with van der Waals surface area (Å²) in [4.78, 5) is 30.2. The average molecular weight is 377 g/mol. The largest absolute Gasteiger partial charge is 0.354 e. The summed E-state index contributed by atoms with van der Waals surface area (Å²) in [6.45, 7) is 4.45. The Bertz CT molecular complexity index is 831. The maximum Gasteiger partial charge on any atom is 0.255 e. The zero-order chi connectivity index (χ0) is 19.3. The summed E-state index contributed by atoms with van der Waals surface area (Å²) >= 11 is 0. The van der Waals surface area contributed by atoms with Crippen molar-refractivity contribution in [3.63, 3.8) is 0 Å². The number of amides is 2. The molecule has 1 unspecified atom stereocenters. The Balaban J connectivity index is 1.45. The van der Waals surface area contributed by atoms with Crippen molar-refractivity contribution in [3.05, 3.63) is 71.3 Å². The second kappa shape index (κ2) is 8.57. The number of likely N-dealkylation sites (tertiary alicyclic amines) is 1. The molecular weight excluding hydrogens is 350 g/mol. The minimum atomic E-state index is -0.604. The smallest absolute Gasteiger partial charge is 0.255 e. The predicted octanol–water partition coefficient (Wildman–Crippen LogP) is 2.99. The Morgan fingerprint density at radius 3 is 2.46 bits per heavy atom. The fourth-order valence-corrected chi connectivity index (χ4v) is 4.21. The van der Waals surface area contributed by atoms with Gasteiger partial charge in [0, 0.05) is 18.7 Å². The highest BCUT2D eigenvalue weighted by Gasteiger charge is 2.36. The van der Waals surface area contributed by atoms with E-state index in [1.807, 2.05) is 54.6 Å². The zero-order valence-corrected chi connectivity index (χ0v) is 16.1. The van der Waals surface area contributed by atoms with E-state index in [0.717, 1.165) is 24.1 Å². The summed E-state index contributed by atoms with van der Waals surface area (Å²) in [7, 11) is 0. The van der Waals surface area contributed by atoms with Crippen molar-refractivity contribution in [2.24, 2.45) is 0 Å². The van der Waals surface area contributed by atoms with Gasteiger partial charge in [-0.25, -0.2) is 0 Å². The maximum absolute atomic E-state index is 13.1. The summed E-state index contributed by atoms with van der Waals surface area (Å²) in [6.07, 6.45) is 3.49. The van der Waals surface area contributed by atoms with E-state index < -0.39 is 6.04 Å². The number of benzene rings is 2. The fourth-order valence-electron chi connectivity index (χ4n) is 4.21. The highest BCUT2D eigenvalue weighted by atomic mass is 16.2. The number of carbonyl (C=O) groups excluding carboxylic acids is 2. The second-order valence-electron chi connectivity index (χ2n) is 7.60. The third-order valence-electron chi connectivity index (χ3n) is 5.67. The minimum Gasteiger partial charge on any atom is -0.354 e. The number of hydrogen-bond donors (Lipinski definition) is 1. The molecule has 2 aromatic rings. The molecule has 0 bridgehead atoms. The van der Waals surface area contributed by atoms with Crippen LogP contribution in [0.5, 0.6) is 0 Å². The van der Waals surface area contributed by atoms with Crippen molar-refractivity contribution in [2.75, 3.05) is 26.2 Å². The van der Waals surface area contributed by atoms with Crippen molar-refractivity contribution in [1.29, 1.82) is 0 Å². The van der Waals surface area contributed by atoms with Gasteiger partial charge in [-0.3, -0.25) is 9.59 Å². The molecule has 5 heteroatoms. The second-order valence-corrected chi connectivity index (χ2v) is 7.60. The summed E-state index contributed by atoms with van der Waals surface area (Å²) in [5.74, 6) is -0.176. The molecule has 1 N–H and O–H groups in total. The summed E-state index contributed by atoms with van der Waals surface area (Å²) in [6, 6.07) is 16.6. The fraction of sp³-hybridized carbons (Fsp3) is 0.391. The average Bonchev–Trinajstić information content (AvgIpc) is 3.35. The van der Waals surface area contributed by atoms with Crippen molar-refractivity contribution in [3.8, 4) is 0 Å². The Morgan fingerprint density at radius 1 is 1.00 bits per heavy atom. The van der Waals surface area contributed by atoms with Crippen LogP contribution < -0.4 is 5.32 Å². The van der Waals surface area contributed by atoms with E-state index in [2.05, 4.69) is 10.2 Å². The van der Waals surface area contributed by atoms with Gasteiger partial charge in [-0.15, -0.1) is 0 Å². The van der Waals surface area contributed by atoms with E-state index in [9.17, 15) is 9.59 Å². The molecule has 1 fully saturated rings. The molecule has 0 radical (unpaired) electrons. The highest BCUT2D eigenvalue weighted by molar-refractivity contribution is 6.01. The molecule has 2 amide bonds. The molecule has 1 saturated heterocycles. The molecular formula is C23H27N3O2. The molecule has 28 heavy (non-hydrogen) atoms. The zero-order valence-electron chi connectivity index (χ0n) is 16.1. The Morgan fingerprint density at radius 2 is 1.71 bits per heavy atom. The van der Waals surface area contributed by atoms with Crippen LogP contribution in [0.3, 0.4) is 0 Å². The van der Waals surface area contributed by atoms with Gasteiger partial charge in [0.05, 0.1) is 0 Å². The molecule has 4 rings (SSSR count). The molecule has 0 aliphatic carbocycles. The normalized spacial score (nSPS) is 17.6. The molecule has 0 aromatic heterocycles. The number of rotatable bonds is 7. The quantitative estimate of drug-likeness (QED) is 0.755. The Kier molecular flexibility index (Phi) is 5.72. The van der Waals surface area contributed by atoms with E-state index in [4.69, 9.17) is 0 Å². The van der Waals surface area contributed by atoms with Crippen molar-refractivity contribution >= 4 is 11.8 Å². The van der Waals surface area contributed by atoms with Gasteiger partial charge in [-0.05, 0) is 56.1 Å². The van der Waals surface area contributed by atoms with Gasteiger partial charge < -0.3 is 15.1 Å². The first-order valence-electron chi connectivity index (χ1n) is 10.2. The van der Waals surface area contributed by atoms with E-state index >= 15 is 0 Å². The highest BCUT2D eigenvalue weighted by Crippen LogP contribution is 2.31. The number of carbonyl (C=O) groups is 2. The lowest BCUT2D eigenvalue weighted by molar-refractivity contribution is -0.126. The molecule has 0 saturated carbocycles. The van der Waals surface area contributed by atoms with Gasteiger partial charge in [0.2, 0.25) is 5.91 Å². The third kappa shape index (κ3) is 3.94. The van der Waals surface area contributed by atoms with E-state index in [1.165, 1.54) is 25.9 Å².